The quantitative estimate of drug-likeness (QED) is 0.840. The Hall–Kier alpha value is -1.41. The van der Waals surface area contributed by atoms with Crippen molar-refractivity contribution < 1.29 is 0 Å². The summed E-state index contributed by atoms with van der Waals surface area (Å²) in [5.41, 5.74) is -0.394. The maximum absolute atomic E-state index is 9.32. The fourth-order valence-corrected chi connectivity index (χ4v) is 2.72. The highest BCUT2D eigenvalue weighted by Crippen LogP contribution is 2.35. The molecule has 1 aromatic rings. The van der Waals surface area contributed by atoms with E-state index in [2.05, 4.69) is 21.5 Å². The monoisotopic (exact) mass is 233 g/mol. The molecule has 0 radical (unpaired) electrons. The van der Waals surface area contributed by atoms with E-state index < -0.39 is 5.54 Å². The zero-order valence-electron chi connectivity index (χ0n) is 10.7. The maximum atomic E-state index is 9.32. The molecule has 0 aliphatic heterocycles. The first-order chi connectivity index (χ1) is 8.10. The van der Waals surface area contributed by atoms with Crippen molar-refractivity contribution >= 4 is 0 Å². The number of hydrogen-bond acceptors (Lipinski definition) is 4. The molecule has 1 saturated carbocycles. The highest BCUT2D eigenvalue weighted by molar-refractivity contribution is 5.10. The Balaban J connectivity index is 2.23. The van der Waals surface area contributed by atoms with Crippen LogP contribution in [0.25, 0.3) is 0 Å². The number of hydrogen-bond donors (Lipinski definition) is 1. The van der Waals surface area contributed by atoms with Crippen LogP contribution in [0.15, 0.2) is 0 Å². The van der Waals surface area contributed by atoms with Gasteiger partial charge in [-0.3, -0.25) is 0 Å². The summed E-state index contributed by atoms with van der Waals surface area (Å²) in [6.45, 7) is 3.88. The van der Waals surface area contributed by atoms with Crippen molar-refractivity contribution in [2.45, 2.75) is 51.1 Å². The third-order valence-electron chi connectivity index (χ3n) is 3.67. The predicted molar refractivity (Wildman–Crippen MR) is 64.4 cm³/mol. The summed E-state index contributed by atoms with van der Waals surface area (Å²) in [5, 5.41) is 16.9. The molecule has 1 heterocycles. The van der Waals surface area contributed by atoms with Crippen molar-refractivity contribution in [3.05, 3.63) is 11.6 Å². The van der Waals surface area contributed by atoms with E-state index in [4.69, 9.17) is 0 Å². The van der Waals surface area contributed by atoms with Gasteiger partial charge in [0.25, 0.3) is 0 Å². The standard InChI is InChI=1S/C12H19N5/c1-9-15-10(2)17(16-9)11-5-4-6-12(7-11,8-13)14-3/h11,14H,4-7H2,1-3H3. The van der Waals surface area contributed by atoms with Crippen LogP contribution in [0.1, 0.15) is 43.4 Å². The molecule has 0 bridgehead atoms. The molecule has 2 atom stereocenters. The highest BCUT2D eigenvalue weighted by atomic mass is 15.4. The lowest BCUT2D eigenvalue weighted by atomic mass is 9.80. The second kappa shape index (κ2) is 4.46. The van der Waals surface area contributed by atoms with Crippen LogP contribution in [0.4, 0.5) is 0 Å². The second-order valence-corrected chi connectivity index (χ2v) is 4.84. The third-order valence-corrected chi connectivity index (χ3v) is 3.67. The summed E-state index contributed by atoms with van der Waals surface area (Å²) in [4.78, 5) is 4.33. The highest BCUT2D eigenvalue weighted by Gasteiger charge is 2.36. The predicted octanol–water partition coefficient (Wildman–Crippen LogP) is 1.49. The zero-order chi connectivity index (χ0) is 12.5. The summed E-state index contributed by atoms with van der Waals surface area (Å²) in [6.07, 6.45) is 3.86. The Kier molecular flexibility index (Phi) is 3.16. The molecule has 0 amide bonds. The molecule has 0 aromatic carbocycles. The van der Waals surface area contributed by atoms with E-state index in [9.17, 15) is 5.26 Å². The van der Waals surface area contributed by atoms with E-state index in [-0.39, 0.29) is 6.04 Å². The number of aryl methyl sites for hydroxylation is 2. The van der Waals surface area contributed by atoms with E-state index in [1.54, 1.807) is 0 Å². The molecular weight excluding hydrogens is 214 g/mol. The van der Waals surface area contributed by atoms with Crippen molar-refractivity contribution in [1.82, 2.24) is 20.1 Å². The fraction of sp³-hybridized carbons (Fsp3) is 0.750. The average molecular weight is 233 g/mol. The summed E-state index contributed by atoms with van der Waals surface area (Å²) in [7, 11) is 1.87. The zero-order valence-corrected chi connectivity index (χ0v) is 10.7. The third kappa shape index (κ3) is 2.18. The number of nitriles is 1. The van der Waals surface area contributed by atoms with Crippen LogP contribution in [0.3, 0.4) is 0 Å². The minimum Gasteiger partial charge on any atom is -0.302 e. The van der Waals surface area contributed by atoms with Gasteiger partial charge in [0.15, 0.2) is 0 Å². The molecule has 92 valence electrons. The average Bonchev–Trinajstić information content (AvgIpc) is 2.68. The summed E-state index contributed by atoms with van der Waals surface area (Å²) < 4.78 is 1.98. The summed E-state index contributed by atoms with van der Waals surface area (Å²) in [5.74, 6) is 1.75. The topological polar surface area (TPSA) is 66.5 Å². The van der Waals surface area contributed by atoms with Crippen LogP contribution in [0.2, 0.25) is 0 Å². The normalized spacial score (nSPS) is 28.9. The maximum Gasteiger partial charge on any atom is 0.147 e. The number of nitrogens with zero attached hydrogens (tertiary/aromatic N) is 4. The SMILES string of the molecule is CNC1(C#N)CCCC(n2nc(C)nc2C)C1. The van der Waals surface area contributed by atoms with Gasteiger partial charge < -0.3 is 5.32 Å². The molecule has 1 aromatic heterocycles. The Morgan fingerprint density at radius 3 is 2.82 bits per heavy atom. The van der Waals surface area contributed by atoms with Crippen LogP contribution in [-0.4, -0.2) is 27.4 Å². The van der Waals surface area contributed by atoms with Crippen LogP contribution in [-0.2, 0) is 0 Å². The van der Waals surface area contributed by atoms with Gasteiger partial charge in [0, 0.05) is 6.42 Å². The summed E-state index contributed by atoms with van der Waals surface area (Å²) >= 11 is 0. The first kappa shape index (κ1) is 12.1. The number of nitrogens with one attached hydrogen (secondary N) is 1. The van der Waals surface area contributed by atoms with Crippen molar-refractivity contribution in [2.24, 2.45) is 0 Å². The van der Waals surface area contributed by atoms with E-state index >= 15 is 0 Å². The molecular formula is C12H19N5. The molecule has 2 unspecified atom stereocenters. The smallest absolute Gasteiger partial charge is 0.147 e. The molecule has 5 nitrogen and oxygen atoms in total. The van der Waals surface area contributed by atoms with Crippen LogP contribution in [0, 0.1) is 25.2 Å². The molecule has 1 N–H and O–H groups in total. The Morgan fingerprint density at radius 2 is 2.29 bits per heavy atom. The minimum atomic E-state index is -0.394. The Bertz CT molecular complexity index is 444. The summed E-state index contributed by atoms with van der Waals surface area (Å²) in [6, 6.07) is 2.71. The van der Waals surface area contributed by atoms with Crippen molar-refractivity contribution in [1.29, 1.82) is 5.26 Å². The minimum absolute atomic E-state index is 0.289. The van der Waals surface area contributed by atoms with E-state index in [1.165, 1.54) is 0 Å². The molecule has 1 aliphatic rings. The lowest BCUT2D eigenvalue weighted by Gasteiger charge is -2.35. The van der Waals surface area contributed by atoms with Crippen molar-refractivity contribution in [2.75, 3.05) is 7.05 Å². The molecule has 17 heavy (non-hydrogen) atoms. The van der Waals surface area contributed by atoms with E-state index in [1.807, 2.05) is 25.6 Å². The number of rotatable bonds is 2. The van der Waals surface area contributed by atoms with Gasteiger partial charge in [0.1, 0.15) is 17.2 Å². The van der Waals surface area contributed by atoms with E-state index in [0.29, 0.717) is 0 Å². The Labute approximate surface area is 102 Å². The van der Waals surface area contributed by atoms with Crippen LogP contribution < -0.4 is 5.32 Å². The van der Waals surface area contributed by atoms with Gasteiger partial charge in [-0.05, 0) is 40.2 Å². The Morgan fingerprint density at radius 1 is 1.53 bits per heavy atom. The fourth-order valence-electron chi connectivity index (χ4n) is 2.72. The first-order valence-corrected chi connectivity index (χ1v) is 6.10. The lowest BCUT2D eigenvalue weighted by molar-refractivity contribution is 0.227. The molecule has 1 aliphatic carbocycles. The lowest BCUT2D eigenvalue weighted by Crippen LogP contribution is -2.46. The molecule has 0 spiro atoms. The molecule has 1 fully saturated rings. The van der Waals surface area contributed by atoms with Gasteiger partial charge in [0.2, 0.25) is 0 Å². The number of aromatic nitrogens is 3. The van der Waals surface area contributed by atoms with Gasteiger partial charge in [-0.2, -0.15) is 10.4 Å². The van der Waals surface area contributed by atoms with Gasteiger partial charge >= 0.3 is 0 Å². The van der Waals surface area contributed by atoms with Crippen LogP contribution in [0.5, 0.6) is 0 Å². The molecule has 2 rings (SSSR count). The van der Waals surface area contributed by atoms with Gasteiger partial charge in [-0.25, -0.2) is 9.67 Å². The largest absolute Gasteiger partial charge is 0.302 e. The molecule has 5 heteroatoms. The van der Waals surface area contributed by atoms with Crippen LogP contribution >= 0.6 is 0 Å². The van der Waals surface area contributed by atoms with Gasteiger partial charge in [0.05, 0.1) is 12.1 Å². The van der Waals surface area contributed by atoms with Gasteiger partial charge in [-0.1, -0.05) is 0 Å². The van der Waals surface area contributed by atoms with Crippen molar-refractivity contribution in [3.8, 4) is 6.07 Å². The van der Waals surface area contributed by atoms with Gasteiger partial charge in [-0.15, -0.1) is 0 Å². The molecule has 0 saturated heterocycles. The second-order valence-electron chi connectivity index (χ2n) is 4.84. The van der Waals surface area contributed by atoms with E-state index in [0.717, 1.165) is 37.3 Å². The first-order valence-electron chi connectivity index (χ1n) is 6.10. The van der Waals surface area contributed by atoms with Crippen molar-refractivity contribution in [3.63, 3.8) is 0 Å².